The fourth-order valence-corrected chi connectivity index (χ4v) is 2.77. The molecule has 0 bridgehead atoms. The van der Waals surface area contributed by atoms with E-state index in [-0.39, 0.29) is 5.41 Å². The Bertz CT molecular complexity index is 447. The molecule has 0 nitrogen and oxygen atoms in total. The van der Waals surface area contributed by atoms with Gasteiger partial charge < -0.3 is 0 Å². The summed E-state index contributed by atoms with van der Waals surface area (Å²) in [7, 11) is 0. The lowest BCUT2D eigenvalue weighted by Crippen LogP contribution is -2.26. The lowest BCUT2D eigenvalue weighted by Gasteiger charge is -2.35. The largest absolute Gasteiger partial charge is 0.106 e. The molecule has 1 aliphatic carbocycles. The predicted molar refractivity (Wildman–Crippen MR) is 77.3 cm³/mol. The third kappa shape index (κ3) is 2.26. The van der Waals surface area contributed by atoms with Crippen LogP contribution in [0.5, 0.6) is 0 Å². The molecule has 0 radical (unpaired) electrons. The number of fused-ring (bicyclic) bond motifs is 1. The van der Waals surface area contributed by atoms with Crippen molar-refractivity contribution >= 4 is 0 Å². The fourth-order valence-electron chi connectivity index (χ4n) is 2.77. The van der Waals surface area contributed by atoms with Crippen molar-refractivity contribution in [3.63, 3.8) is 0 Å². The molecule has 1 aromatic rings. The molecule has 0 aromatic heterocycles. The zero-order valence-electron chi connectivity index (χ0n) is 11.2. The van der Waals surface area contributed by atoms with Gasteiger partial charge in [-0.15, -0.1) is 13.2 Å². The van der Waals surface area contributed by atoms with Crippen LogP contribution < -0.4 is 0 Å². The number of rotatable bonds is 1. The molecule has 2 rings (SSSR count). The zero-order valence-corrected chi connectivity index (χ0v) is 11.2. The lowest BCUT2D eigenvalue weighted by atomic mass is 9.69. The summed E-state index contributed by atoms with van der Waals surface area (Å²) < 4.78 is 0. The van der Waals surface area contributed by atoms with Crippen LogP contribution in [0.3, 0.4) is 0 Å². The van der Waals surface area contributed by atoms with E-state index in [2.05, 4.69) is 64.8 Å². The average Bonchev–Trinajstić information content (AvgIpc) is 2.31. The molecule has 0 unspecified atom stereocenters. The highest BCUT2D eigenvalue weighted by Crippen LogP contribution is 2.40. The van der Waals surface area contributed by atoms with Crippen LogP contribution >= 0.6 is 0 Å². The maximum absolute atomic E-state index is 3.95. The van der Waals surface area contributed by atoms with E-state index >= 15 is 0 Å². The van der Waals surface area contributed by atoms with Crippen molar-refractivity contribution < 1.29 is 0 Å². The molecule has 1 aromatic carbocycles. The summed E-state index contributed by atoms with van der Waals surface area (Å²) in [5, 5.41) is 0. The van der Waals surface area contributed by atoms with Crippen molar-refractivity contribution in [3.05, 3.63) is 72.4 Å². The summed E-state index contributed by atoms with van der Waals surface area (Å²) in [6.45, 7) is 16.7. The first-order valence-electron chi connectivity index (χ1n) is 5.98. The molecule has 17 heavy (non-hydrogen) atoms. The third-order valence-corrected chi connectivity index (χ3v) is 3.48. The van der Waals surface area contributed by atoms with Gasteiger partial charge >= 0.3 is 0 Å². The topological polar surface area (TPSA) is 0 Å². The van der Waals surface area contributed by atoms with E-state index in [0.29, 0.717) is 0 Å². The highest BCUT2D eigenvalue weighted by Gasteiger charge is 2.30. The Morgan fingerprint density at radius 1 is 1.18 bits per heavy atom. The minimum absolute atomic E-state index is 0.112. The second-order valence-corrected chi connectivity index (χ2v) is 4.86. The van der Waals surface area contributed by atoms with Gasteiger partial charge in [0.05, 0.1) is 0 Å². The summed E-state index contributed by atoms with van der Waals surface area (Å²) in [6.07, 6.45) is 3.09. The fraction of sp³-hybridized carbons (Fsp3) is 0.294. The number of allylic oxidation sites excluding steroid dienone is 3. The van der Waals surface area contributed by atoms with E-state index in [0.717, 1.165) is 6.42 Å². The summed E-state index contributed by atoms with van der Waals surface area (Å²) in [4.78, 5) is 0. The van der Waals surface area contributed by atoms with Crippen molar-refractivity contribution in [2.45, 2.75) is 32.6 Å². The molecule has 0 aliphatic heterocycles. The van der Waals surface area contributed by atoms with Gasteiger partial charge in [-0.3, -0.25) is 0 Å². The molecule has 0 spiro atoms. The maximum Gasteiger partial charge on any atom is 0.0148 e. The highest BCUT2D eigenvalue weighted by atomic mass is 14.3. The van der Waals surface area contributed by atoms with E-state index in [4.69, 9.17) is 0 Å². The van der Waals surface area contributed by atoms with Crippen LogP contribution in [-0.2, 0) is 11.8 Å². The van der Waals surface area contributed by atoms with Gasteiger partial charge in [-0.2, -0.15) is 0 Å². The summed E-state index contributed by atoms with van der Waals surface area (Å²) in [5.41, 5.74) is 5.87. The van der Waals surface area contributed by atoms with Gasteiger partial charge in [-0.1, -0.05) is 56.3 Å². The Labute approximate surface area is 105 Å². The molecule has 0 heteroatoms. The van der Waals surface area contributed by atoms with Gasteiger partial charge in [0.25, 0.3) is 0 Å². The first-order chi connectivity index (χ1) is 8.07. The minimum Gasteiger partial charge on any atom is -0.106 e. The predicted octanol–water partition coefficient (Wildman–Crippen LogP) is 4.83. The summed E-state index contributed by atoms with van der Waals surface area (Å²) >= 11 is 0. The Morgan fingerprint density at radius 2 is 1.76 bits per heavy atom. The molecule has 0 fully saturated rings. The average molecular weight is 226 g/mol. The van der Waals surface area contributed by atoms with Crippen molar-refractivity contribution in [1.82, 2.24) is 0 Å². The van der Waals surface area contributed by atoms with E-state index in [1.54, 1.807) is 0 Å². The Balaban J connectivity index is 0.000000686. The molecule has 0 N–H and O–H groups in total. The standard InChI is InChI=1S/C15H18.C2H4/c1-5-13-11(2)10-12-8-6-7-9-14(12)15(13,3)4;1-2/h5-9H,1,10H2,2-4H3;1-2H2. The molecule has 0 atom stereocenters. The minimum atomic E-state index is 0.112. The third-order valence-electron chi connectivity index (χ3n) is 3.48. The maximum atomic E-state index is 3.95. The van der Waals surface area contributed by atoms with Crippen LogP contribution in [0.4, 0.5) is 0 Å². The summed E-state index contributed by atoms with van der Waals surface area (Å²) in [5.74, 6) is 0. The first kappa shape index (κ1) is 13.5. The van der Waals surface area contributed by atoms with Crippen LogP contribution in [0.25, 0.3) is 0 Å². The Kier molecular flexibility index (Phi) is 4.11. The van der Waals surface area contributed by atoms with Crippen molar-refractivity contribution in [1.29, 1.82) is 0 Å². The van der Waals surface area contributed by atoms with Gasteiger partial charge in [-0.25, -0.2) is 0 Å². The van der Waals surface area contributed by atoms with Crippen LogP contribution in [0.15, 0.2) is 61.2 Å². The second-order valence-electron chi connectivity index (χ2n) is 4.86. The summed E-state index contributed by atoms with van der Waals surface area (Å²) in [6, 6.07) is 8.73. The van der Waals surface area contributed by atoms with Crippen molar-refractivity contribution in [3.8, 4) is 0 Å². The molecule has 0 saturated heterocycles. The SMILES string of the molecule is C=C.C=CC1=C(C)Cc2ccccc2C1(C)C. The molecular formula is C17H22. The smallest absolute Gasteiger partial charge is 0.0148 e. The molecule has 0 saturated carbocycles. The quantitative estimate of drug-likeness (QED) is 0.602. The van der Waals surface area contributed by atoms with Gasteiger partial charge in [0.15, 0.2) is 0 Å². The van der Waals surface area contributed by atoms with Crippen LogP contribution in [0.2, 0.25) is 0 Å². The van der Waals surface area contributed by atoms with E-state index in [1.807, 2.05) is 6.08 Å². The van der Waals surface area contributed by atoms with E-state index in [9.17, 15) is 0 Å². The van der Waals surface area contributed by atoms with Crippen molar-refractivity contribution in [2.75, 3.05) is 0 Å². The van der Waals surface area contributed by atoms with Crippen LogP contribution in [-0.4, -0.2) is 0 Å². The molecule has 1 aliphatic rings. The Morgan fingerprint density at radius 3 is 2.35 bits per heavy atom. The van der Waals surface area contributed by atoms with Crippen molar-refractivity contribution in [2.24, 2.45) is 0 Å². The molecular weight excluding hydrogens is 204 g/mol. The Hall–Kier alpha value is -1.56. The number of hydrogen-bond donors (Lipinski definition) is 0. The normalized spacial score (nSPS) is 16.6. The van der Waals surface area contributed by atoms with E-state index < -0.39 is 0 Å². The second kappa shape index (κ2) is 5.18. The van der Waals surface area contributed by atoms with Gasteiger partial charge in [0, 0.05) is 5.41 Å². The van der Waals surface area contributed by atoms with Gasteiger partial charge in [0.2, 0.25) is 0 Å². The first-order valence-corrected chi connectivity index (χ1v) is 5.98. The van der Waals surface area contributed by atoms with E-state index in [1.165, 1.54) is 22.3 Å². The molecule has 90 valence electrons. The van der Waals surface area contributed by atoms with Gasteiger partial charge in [-0.05, 0) is 30.0 Å². The van der Waals surface area contributed by atoms with Gasteiger partial charge in [0.1, 0.15) is 0 Å². The van der Waals surface area contributed by atoms with Crippen LogP contribution in [0, 0.1) is 0 Å². The molecule has 0 amide bonds. The number of hydrogen-bond acceptors (Lipinski definition) is 0. The number of benzene rings is 1. The highest BCUT2D eigenvalue weighted by molar-refractivity contribution is 5.51. The zero-order chi connectivity index (χ0) is 13.1. The van der Waals surface area contributed by atoms with Crippen LogP contribution in [0.1, 0.15) is 31.9 Å². The monoisotopic (exact) mass is 226 g/mol. The lowest BCUT2D eigenvalue weighted by molar-refractivity contribution is 0.607. The molecule has 0 heterocycles.